The number of anilines is 1. The molecule has 0 radical (unpaired) electrons. The van der Waals surface area contributed by atoms with E-state index in [2.05, 4.69) is 48.4 Å². The molecule has 22 heavy (non-hydrogen) atoms. The number of benzene rings is 2. The second kappa shape index (κ2) is 7.50. The number of nitrogens with zero attached hydrogens (tertiary/aromatic N) is 1. The van der Waals surface area contributed by atoms with E-state index in [4.69, 9.17) is 10.5 Å². The Labute approximate surface area is 132 Å². The largest absolute Gasteiger partial charge is 0.497 e. The molecule has 0 aromatic heterocycles. The van der Waals surface area contributed by atoms with E-state index in [1.54, 1.807) is 7.11 Å². The quantitative estimate of drug-likeness (QED) is 0.655. The zero-order chi connectivity index (χ0) is 15.9. The maximum Gasteiger partial charge on any atom is 0.193 e. The summed E-state index contributed by atoms with van der Waals surface area (Å²) >= 11 is 0. The molecular formula is C18H23N3O. The molecule has 0 aliphatic heterocycles. The van der Waals surface area contributed by atoms with Gasteiger partial charge in [0.15, 0.2) is 5.96 Å². The van der Waals surface area contributed by atoms with Gasteiger partial charge in [-0.05, 0) is 36.8 Å². The highest BCUT2D eigenvalue weighted by molar-refractivity contribution is 5.92. The first-order valence-corrected chi connectivity index (χ1v) is 7.36. The first-order valence-electron chi connectivity index (χ1n) is 7.36. The number of rotatable bonds is 5. The summed E-state index contributed by atoms with van der Waals surface area (Å²) in [5.41, 5.74) is 9.37. The predicted molar refractivity (Wildman–Crippen MR) is 92.7 cm³/mol. The van der Waals surface area contributed by atoms with Crippen LogP contribution in [0.1, 0.15) is 24.0 Å². The van der Waals surface area contributed by atoms with Gasteiger partial charge in [-0.2, -0.15) is 0 Å². The second-order valence-electron chi connectivity index (χ2n) is 5.39. The molecule has 0 saturated heterocycles. The van der Waals surface area contributed by atoms with Crippen LogP contribution in [0.5, 0.6) is 5.75 Å². The van der Waals surface area contributed by atoms with Crippen molar-refractivity contribution in [2.75, 3.05) is 19.0 Å². The van der Waals surface area contributed by atoms with E-state index in [1.807, 2.05) is 24.3 Å². The number of hydrogen-bond acceptors (Lipinski definition) is 2. The average molecular weight is 297 g/mol. The smallest absolute Gasteiger partial charge is 0.193 e. The van der Waals surface area contributed by atoms with Gasteiger partial charge in [0.25, 0.3) is 0 Å². The zero-order valence-electron chi connectivity index (χ0n) is 13.3. The molecule has 4 nitrogen and oxygen atoms in total. The number of hydrogen-bond donors (Lipinski definition) is 2. The molecule has 0 heterocycles. The first-order chi connectivity index (χ1) is 10.6. The molecule has 2 rings (SSSR count). The van der Waals surface area contributed by atoms with Gasteiger partial charge < -0.3 is 15.8 Å². The third kappa shape index (κ3) is 4.52. The Hall–Kier alpha value is -2.49. The van der Waals surface area contributed by atoms with E-state index in [-0.39, 0.29) is 0 Å². The van der Waals surface area contributed by atoms with Crippen molar-refractivity contribution in [1.29, 1.82) is 0 Å². The monoisotopic (exact) mass is 297 g/mol. The summed E-state index contributed by atoms with van der Waals surface area (Å²) in [6, 6.07) is 16.1. The van der Waals surface area contributed by atoms with Gasteiger partial charge in [0.05, 0.1) is 7.11 Å². The molecule has 3 N–H and O–H groups in total. The molecule has 0 bridgehead atoms. The summed E-state index contributed by atoms with van der Waals surface area (Å²) in [6.45, 7) is 4.90. The van der Waals surface area contributed by atoms with Crippen LogP contribution >= 0.6 is 0 Å². The number of aryl methyl sites for hydroxylation is 1. The van der Waals surface area contributed by atoms with Crippen molar-refractivity contribution in [3.63, 3.8) is 0 Å². The van der Waals surface area contributed by atoms with Gasteiger partial charge in [0, 0.05) is 18.2 Å². The fourth-order valence-electron chi connectivity index (χ4n) is 2.18. The van der Waals surface area contributed by atoms with Gasteiger partial charge in [-0.3, -0.25) is 4.99 Å². The maximum absolute atomic E-state index is 5.94. The lowest BCUT2D eigenvalue weighted by atomic mass is 10.00. The molecule has 116 valence electrons. The van der Waals surface area contributed by atoms with E-state index in [0.717, 1.165) is 11.4 Å². The topological polar surface area (TPSA) is 59.6 Å². The normalized spacial score (nSPS) is 12.8. The molecule has 4 heteroatoms. The first kappa shape index (κ1) is 15.9. The third-order valence-electron chi connectivity index (χ3n) is 3.51. The standard InChI is InChI=1S/C18H23N3O/c1-13-5-4-6-15(11-13)14(2)12-20-18(19)21-16-7-9-17(22-3)10-8-16/h4-11,14H,12H2,1-3H3,(H3,19,20,21). The molecule has 0 amide bonds. The Kier molecular flexibility index (Phi) is 5.42. The number of nitrogens with one attached hydrogen (secondary N) is 1. The highest BCUT2D eigenvalue weighted by Crippen LogP contribution is 2.17. The average Bonchev–Trinajstić information content (AvgIpc) is 2.53. The Morgan fingerprint density at radius 2 is 1.95 bits per heavy atom. The lowest BCUT2D eigenvalue weighted by molar-refractivity contribution is 0.415. The van der Waals surface area contributed by atoms with Crippen LogP contribution in [0, 0.1) is 6.92 Å². The Morgan fingerprint density at radius 3 is 2.59 bits per heavy atom. The van der Waals surface area contributed by atoms with Crippen molar-refractivity contribution < 1.29 is 4.74 Å². The maximum atomic E-state index is 5.94. The zero-order valence-corrected chi connectivity index (χ0v) is 13.3. The Balaban J connectivity index is 1.94. The van der Waals surface area contributed by atoms with Crippen molar-refractivity contribution >= 4 is 11.6 Å². The number of aliphatic imine (C=N–C) groups is 1. The van der Waals surface area contributed by atoms with Gasteiger partial charge in [-0.25, -0.2) is 0 Å². The van der Waals surface area contributed by atoms with Gasteiger partial charge in [-0.1, -0.05) is 36.8 Å². The van der Waals surface area contributed by atoms with Crippen LogP contribution < -0.4 is 15.8 Å². The minimum Gasteiger partial charge on any atom is -0.497 e. The molecule has 0 aliphatic carbocycles. The molecule has 0 saturated carbocycles. The van der Waals surface area contributed by atoms with Crippen LogP contribution in [0.25, 0.3) is 0 Å². The van der Waals surface area contributed by atoms with Crippen LogP contribution in [0.2, 0.25) is 0 Å². The fourth-order valence-corrected chi connectivity index (χ4v) is 2.18. The van der Waals surface area contributed by atoms with Gasteiger partial charge in [0.1, 0.15) is 5.75 Å². The fraction of sp³-hybridized carbons (Fsp3) is 0.278. The molecule has 2 aromatic rings. The van der Waals surface area contributed by atoms with Crippen molar-refractivity contribution in [2.24, 2.45) is 10.7 Å². The van der Waals surface area contributed by atoms with Crippen molar-refractivity contribution in [1.82, 2.24) is 0 Å². The summed E-state index contributed by atoms with van der Waals surface area (Å²) < 4.78 is 5.12. The van der Waals surface area contributed by atoms with Gasteiger partial charge in [0.2, 0.25) is 0 Å². The summed E-state index contributed by atoms with van der Waals surface area (Å²) in [6.07, 6.45) is 0. The lowest BCUT2D eigenvalue weighted by Crippen LogP contribution is -2.23. The molecule has 1 unspecified atom stereocenters. The highest BCUT2D eigenvalue weighted by Gasteiger charge is 2.05. The number of ether oxygens (including phenoxy) is 1. The van der Waals surface area contributed by atoms with E-state index in [9.17, 15) is 0 Å². The van der Waals surface area contributed by atoms with Crippen molar-refractivity contribution in [2.45, 2.75) is 19.8 Å². The number of nitrogens with two attached hydrogens (primary N) is 1. The van der Waals surface area contributed by atoms with Gasteiger partial charge in [-0.15, -0.1) is 0 Å². The predicted octanol–water partition coefficient (Wildman–Crippen LogP) is 3.53. The van der Waals surface area contributed by atoms with Gasteiger partial charge >= 0.3 is 0 Å². The molecule has 0 spiro atoms. The molecule has 0 fully saturated rings. The summed E-state index contributed by atoms with van der Waals surface area (Å²) in [4.78, 5) is 4.42. The molecule has 2 aromatic carbocycles. The number of methoxy groups -OCH3 is 1. The van der Waals surface area contributed by atoms with E-state index in [0.29, 0.717) is 18.4 Å². The Morgan fingerprint density at radius 1 is 1.23 bits per heavy atom. The minimum atomic E-state index is 0.330. The van der Waals surface area contributed by atoms with Crippen LogP contribution in [0.4, 0.5) is 5.69 Å². The Bertz CT molecular complexity index is 635. The third-order valence-corrected chi connectivity index (χ3v) is 3.51. The lowest BCUT2D eigenvalue weighted by Gasteiger charge is -2.11. The summed E-state index contributed by atoms with van der Waals surface area (Å²) in [5, 5.41) is 3.08. The number of guanidine groups is 1. The minimum absolute atomic E-state index is 0.330. The van der Waals surface area contributed by atoms with E-state index in [1.165, 1.54) is 11.1 Å². The van der Waals surface area contributed by atoms with Crippen LogP contribution in [-0.4, -0.2) is 19.6 Å². The molecule has 1 atom stereocenters. The molecule has 0 aliphatic rings. The molecular weight excluding hydrogens is 274 g/mol. The summed E-state index contributed by atoms with van der Waals surface area (Å²) in [5.74, 6) is 1.56. The van der Waals surface area contributed by atoms with E-state index < -0.39 is 0 Å². The van der Waals surface area contributed by atoms with Crippen molar-refractivity contribution in [3.8, 4) is 5.75 Å². The van der Waals surface area contributed by atoms with Crippen LogP contribution in [-0.2, 0) is 0 Å². The second-order valence-corrected chi connectivity index (χ2v) is 5.39. The van der Waals surface area contributed by atoms with Crippen LogP contribution in [0.3, 0.4) is 0 Å². The summed E-state index contributed by atoms with van der Waals surface area (Å²) in [7, 11) is 1.64. The van der Waals surface area contributed by atoms with Crippen molar-refractivity contribution in [3.05, 3.63) is 59.7 Å². The van der Waals surface area contributed by atoms with E-state index >= 15 is 0 Å². The van der Waals surface area contributed by atoms with Crippen LogP contribution in [0.15, 0.2) is 53.5 Å². The SMILES string of the molecule is COc1ccc(NC(N)=NCC(C)c2cccc(C)c2)cc1. The highest BCUT2D eigenvalue weighted by atomic mass is 16.5.